The van der Waals surface area contributed by atoms with Gasteiger partial charge in [0.15, 0.2) is 0 Å². The molecular formula is C15H12N6O4S. The first kappa shape index (κ1) is 17.4. The molecule has 1 amide bonds. The minimum atomic E-state index is -0.535. The van der Waals surface area contributed by atoms with Gasteiger partial charge in [0.1, 0.15) is 5.75 Å². The first-order valence-corrected chi connectivity index (χ1v) is 8.05. The Morgan fingerprint density at radius 3 is 2.62 bits per heavy atom. The summed E-state index contributed by atoms with van der Waals surface area (Å²) in [4.78, 5) is 22.9. The van der Waals surface area contributed by atoms with Gasteiger partial charge in [-0.3, -0.25) is 14.9 Å². The Morgan fingerprint density at radius 2 is 2.00 bits per heavy atom. The second-order valence-electron chi connectivity index (χ2n) is 5.13. The SMILES string of the molecule is Cn1nnnc1Sc1cc(NC(=O)c2ccc([N+](=O)[O-])cc2)ccc1O. The zero-order chi connectivity index (χ0) is 18.7. The van der Waals surface area contributed by atoms with Crippen molar-refractivity contribution in [3.05, 3.63) is 58.1 Å². The molecule has 0 saturated carbocycles. The number of tetrazole rings is 1. The molecule has 0 aliphatic rings. The molecule has 2 aromatic carbocycles. The van der Waals surface area contributed by atoms with Crippen molar-refractivity contribution in [2.75, 3.05) is 5.32 Å². The number of rotatable bonds is 5. The van der Waals surface area contributed by atoms with Crippen molar-refractivity contribution in [1.29, 1.82) is 0 Å². The normalized spacial score (nSPS) is 10.5. The number of phenolic OH excluding ortho intramolecular Hbond substituents is 1. The van der Waals surface area contributed by atoms with Gasteiger partial charge in [-0.2, -0.15) is 0 Å². The predicted octanol–water partition coefficient (Wildman–Crippen LogP) is 2.23. The first-order valence-electron chi connectivity index (χ1n) is 7.23. The summed E-state index contributed by atoms with van der Waals surface area (Å²) < 4.78 is 1.45. The van der Waals surface area contributed by atoms with E-state index in [0.717, 1.165) is 11.8 Å². The molecule has 3 rings (SSSR count). The standard InChI is InChI=1S/C15H12N6O4S/c1-20-15(17-18-19-20)26-13-8-10(4-7-12(13)22)16-14(23)9-2-5-11(6-3-9)21(24)25/h2-8,22H,1H3,(H,16,23). The molecule has 0 unspecified atom stereocenters. The van der Waals surface area contributed by atoms with Crippen LogP contribution in [0.4, 0.5) is 11.4 Å². The molecule has 11 heteroatoms. The average Bonchev–Trinajstić information content (AvgIpc) is 3.02. The Morgan fingerprint density at radius 1 is 1.27 bits per heavy atom. The van der Waals surface area contributed by atoms with Crippen molar-refractivity contribution < 1.29 is 14.8 Å². The number of anilines is 1. The maximum absolute atomic E-state index is 12.3. The van der Waals surface area contributed by atoms with Crippen LogP contribution in [0, 0.1) is 10.1 Å². The number of aromatic hydroxyl groups is 1. The van der Waals surface area contributed by atoms with Crippen molar-refractivity contribution >= 4 is 29.0 Å². The second-order valence-corrected chi connectivity index (χ2v) is 6.14. The number of nitrogens with one attached hydrogen (secondary N) is 1. The third-order valence-electron chi connectivity index (χ3n) is 3.34. The van der Waals surface area contributed by atoms with Crippen LogP contribution < -0.4 is 5.32 Å². The fourth-order valence-corrected chi connectivity index (χ4v) is 2.82. The van der Waals surface area contributed by atoms with Gasteiger partial charge in [-0.15, -0.1) is 5.10 Å². The van der Waals surface area contributed by atoms with Crippen LogP contribution in [0.5, 0.6) is 5.75 Å². The van der Waals surface area contributed by atoms with Gasteiger partial charge >= 0.3 is 0 Å². The molecule has 0 radical (unpaired) electrons. The third-order valence-corrected chi connectivity index (χ3v) is 4.42. The fraction of sp³-hybridized carbons (Fsp3) is 0.0667. The van der Waals surface area contributed by atoms with Crippen molar-refractivity contribution in [2.45, 2.75) is 10.1 Å². The van der Waals surface area contributed by atoms with Crippen molar-refractivity contribution in [2.24, 2.45) is 7.05 Å². The lowest BCUT2D eigenvalue weighted by Crippen LogP contribution is -2.11. The summed E-state index contributed by atoms with van der Waals surface area (Å²) in [6.07, 6.45) is 0. The molecule has 132 valence electrons. The summed E-state index contributed by atoms with van der Waals surface area (Å²) in [5, 5.41) is 34.8. The zero-order valence-corrected chi connectivity index (χ0v) is 14.2. The number of aryl methyl sites for hydroxylation is 1. The quantitative estimate of drug-likeness (QED) is 0.395. The van der Waals surface area contributed by atoms with E-state index >= 15 is 0 Å². The highest BCUT2D eigenvalue weighted by Gasteiger charge is 2.13. The molecule has 2 N–H and O–H groups in total. The van der Waals surface area contributed by atoms with E-state index in [9.17, 15) is 20.0 Å². The van der Waals surface area contributed by atoms with Crippen LogP contribution in [0.15, 0.2) is 52.5 Å². The number of non-ortho nitro benzene ring substituents is 1. The highest BCUT2D eigenvalue weighted by molar-refractivity contribution is 7.99. The van der Waals surface area contributed by atoms with E-state index in [0.29, 0.717) is 15.7 Å². The Bertz CT molecular complexity index is 973. The van der Waals surface area contributed by atoms with Gasteiger partial charge in [0.05, 0.1) is 9.82 Å². The van der Waals surface area contributed by atoms with Crippen LogP contribution in [-0.2, 0) is 7.05 Å². The molecule has 0 aliphatic carbocycles. The molecule has 0 atom stereocenters. The number of nitro groups is 1. The number of hydrogen-bond acceptors (Lipinski definition) is 8. The number of nitro benzene ring substituents is 1. The summed E-state index contributed by atoms with van der Waals surface area (Å²) in [6, 6.07) is 9.82. The lowest BCUT2D eigenvalue weighted by molar-refractivity contribution is -0.384. The van der Waals surface area contributed by atoms with E-state index in [-0.39, 0.29) is 17.0 Å². The monoisotopic (exact) mass is 372 g/mol. The van der Waals surface area contributed by atoms with Gasteiger partial charge in [0, 0.05) is 30.4 Å². The van der Waals surface area contributed by atoms with Crippen LogP contribution in [0.25, 0.3) is 0 Å². The van der Waals surface area contributed by atoms with Crippen LogP contribution in [-0.4, -0.2) is 36.1 Å². The summed E-state index contributed by atoms with van der Waals surface area (Å²) in [5.74, 6) is -0.409. The lowest BCUT2D eigenvalue weighted by atomic mass is 10.2. The zero-order valence-electron chi connectivity index (χ0n) is 13.4. The van der Waals surface area contributed by atoms with Crippen molar-refractivity contribution in [1.82, 2.24) is 20.2 Å². The van der Waals surface area contributed by atoms with Gasteiger partial charge in [-0.05, 0) is 52.5 Å². The van der Waals surface area contributed by atoms with Gasteiger partial charge in [0.25, 0.3) is 11.6 Å². The van der Waals surface area contributed by atoms with E-state index in [2.05, 4.69) is 20.8 Å². The van der Waals surface area contributed by atoms with E-state index < -0.39 is 10.8 Å². The van der Waals surface area contributed by atoms with Gasteiger partial charge in [0.2, 0.25) is 5.16 Å². The molecule has 0 aliphatic heterocycles. The summed E-state index contributed by atoms with van der Waals surface area (Å²) in [5.41, 5.74) is 0.626. The molecule has 1 aromatic heterocycles. The molecule has 0 bridgehead atoms. The van der Waals surface area contributed by atoms with Crippen LogP contribution in [0.2, 0.25) is 0 Å². The number of benzene rings is 2. The molecule has 3 aromatic rings. The van der Waals surface area contributed by atoms with Crippen molar-refractivity contribution in [3.8, 4) is 5.75 Å². The van der Waals surface area contributed by atoms with Crippen LogP contribution >= 0.6 is 11.8 Å². The van der Waals surface area contributed by atoms with Gasteiger partial charge in [-0.25, -0.2) is 4.68 Å². The number of amides is 1. The second kappa shape index (κ2) is 7.19. The Hall–Kier alpha value is -3.47. The van der Waals surface area contributed by atoms with E-state index in [1.165, 1.54) is 41.1 Å². The molecule has 0 saturated heterocycles. The summed E-state index contributed by atoms with van der Waals surface area (Å²) in [7, 11) is 1.67. The van der Waals surface area contributed by atoms with E-state index in [4.69, 9.17) is 0 Å². The topological polar surface area (TPSA) is 136 Å². The van der Waals surface area contributed by atoms with E-state index in [1.54, 1.807) is 13.1 Å². The molecule has 0 fully saturated rings. The Labute approximate surface area is 151 Å². The Kier molecular flexibility index (Phi) is 4.80. The number of phenols is 1. The minimum absolute atomic E-state index is 0.0198. The predicted molar refractivity (Wildman–Crippen MR) is 92.1 cm³/mol. The average molecular weight is 372 g/mol. The fourth-order valence-electron chi connectivity index (χ4n) is 2.02. The maximum atomic E-state index is 12.3. The highest BCUT2D eigenvalue weighted by Crippen LogP contribution is 2.34. The largest absolute Gasteiger partial charge is 0.507 e. The van der Waals surface area contributed by atoms with Crippen molar-refractivity contribution in [3.63, 3.8) is 0 Å². The van der Waals surface area contributed by atoms with E-state index in [1.807, 2.05) is 0 Å². The number of carbonyl (C=O) groups excluding carboxylic acids is 1. The number of hydrogen-bond donors (Lipinski definition) is 2. The molecule has 0 spiro atoms. The smallest absolute Gasteiger partial charge is 0.269 e. The summed E-state index contributed by atoms with van der Waals surface area (Å²) in [6.45, 7) is 0. The number of carbonyl (C=O) groups is 1. The highest BCUT2D eigenvalue weighted by atomic mass is 32.2. The number of nitrogens with zero attached hydrogens (tertiary/aromatic N) is 5. The molecular weight excluding hydrogens is 360 g/mol. The van der Waals surface area contributed by atoms with Crippen LogP contribution in [0.3, 0.4) is 0 Å². The Balaban J connectivity index is 1.77. The third kappa shape index (κ3) is 3.78. The van der Waals surface area contributed by atoms with Gasteiger partial charge in [-0.1, -0.05) is 0 Å². The lowest BCUT2D eigenvalue weighted by Gasteiger charge is -2.08. The minimum Gasteiger partial charge on any atom is -0.507 e. The summed E-state index contributed by atoms with van der Waals surface area (Å²) >= 11 is 1.14. The maximum Gasteiger partial charge on any atom is 0.269 e. The molecule has 10 nitrogen and oxygen atoms in total. The number of aromatic nitrogens is 4. The molecule has 1 heterocycles. The first-order chi connectivity index (χ1) is 12.4. The molecule has 26 heavy (non-hydrogen) atoms. The van der Waals surface area contributed by atoms with Crippen LogP contribution in [0.1, 0.15) is 10.4 Å². The van der Waals surface area contributed by atoms with Gasteiger partial charge < -0.3 is 10.4 Å².